The lowest BCUT2D eigenvalue weighted by Gasteiger charge is -2.22. The number of carbonyl (C=O) groups is 1. The number of rotatable bonds is 2. The summed E-state index contributed by atoms with van der Waals surface area (Å²) < 4.78 is 0.806. The van der Waals surface area contributed by atoms with Gasteiger partial charge in [0.05, 0.1) is 16.8 Å². The summed E-state index contributed by atoms with van der Waals surface area (Å²) in [6.45, 7) is 0. The van der Waals surface area contributed by atoms with E-state index in [9.17, 15) is 4.79 Å². The van der Waals surface area contributed by atoms with Crippen LogP contribution in [0.1, 0.15) is 31.2 Å². The van der Waals surface area contributed by atoms with Gasteiger partial charge in [0.2, 0.25) is 5.91 Å². The molecular weight excluding hydrogens is 294 g/mol. The third-order valence-corrected chi connectivity index (χ3v) is 3.79. The lowest BCUT2D eigenvalue weighted by molar-refractivity contribution is -0.121. The number of hydrogen-bond donors (Lipinski definition) is 2. The molecule has 0 aliphatic heterocycles. The first-order valence-electron chi connectivity index (χ1n) is 5.85. The maximum Gasteiger partial charge on any atom is 0.244 e. The monoisotopic (exact) mass is 307 g/mol. The van der Waals surface area contributed by atoms with Crippen LogP contribution < -0.4 is 11.1 Å². The molecule has 1 aromatic rings. The average Bonchev–Trinajstić information content (AvgIpc) is 2.79. The Morgan fingerprint density at radius 3 is 2.72 bits per heavy atom. The van der Waals surface area contributed by atoms with Crippen LogP contribution in [-0.2, 0) is 4.79 Å². The minimum absolute atomic E-state index is 0.196. The molecule has 0 unspecified atom stereocenters. The van der Waals surface area contributed by atoms with Crippen LogP contribution in [0.15, 0.2) is 22.7 Å². The second-order valence-corrected chi connectivity index (χ2v) is 5.53. The highest BCUT2D eigenvalue weighted by atomic mass is 79.9. The first kappa shape index (κ1) is 13.1. The van der Waals surface area contributed by atoms with Crippen molar-refractivity contribution in [3.8, 4) is 6.07 Å². The Hall–Kier alpha value is -1.38. The third kappa shape index (κ3) is 2.55. The van der Waals surface area contributed by atoms with E-state index in [1.807, 2.05) is 0 Å². The normalized spacial score (nSPS) is 17.2. The van der Waals surface area contributed by atoms with Crippen LogP contribution >= 0.6 is 15.9 Å². The molecule has 0 aromatic heterocycles. The van der Waals surface area contributed by atoms with Crippen molar-refractivity contribution in [3.05, 3.63) is 28.2 Å². The molecule has 4 nitrogen and oxygen atoms in total. The predicted molar refractivity (Wildman–Crippen MR) is 72.9 cm³/mol. The number of carbonyl (C=O) groups excluding carboxylic acids is 1. The van der Waals surface area contributed by atoms with Gasteiger partial charge >= 0.3 is 0 Å². The Morgan fingerprint density at radius 2 is 2.11 bits per heavy atom. The first-order chi connectivity index (χ1) is 8.55. The second-order valence-electron chi connectivity index (χ2n) is 4.62. The van der Waals surface area contributed by atoms with Crippen LogP contribution in [0.25, 0.3) is 0 Å². The van der Waals surface area contributed by atoms with Gasteiger partial charge in [-0.3, -0.25) is 4.79 Å². The third-order valence-electron chi connectivity index (χ3n) is 3.30. The first-order valence-corrected chi connectivity index (χ1v) is 6.64. The molecule has 1 amide bonds. The largest absolute Gasteiger partial charge is 0.323 e. The molecule has 94 valence electrons. The molecule has 1 aliphatic rings. The van der Waals surface area contributed by atoms with Crippen LogP contribution in [0.3, 0.4) is 0 Å². The molecule has 0 atom stereocenters. The fraction of sp³-hybridized carbons (Fsp3) is 0.385. The highest BCUT2D eigenvalue weighted by Gasteiger charge is 2.37. The molecule has 1 aromatic carbocycles. The molecule has 5 heteroatoms. The quantitative estimate of drug-likeness (QED) is 0.881. The fourth-order valence-electron chi connectivity index (χ4n) is 2.20. The van der Waals surface area contributed by atoms with Crippen molar-refractivity contribution in [2.75, 3.05) is 5.32 Å². The molecule has 2 rings (SSSR count). The number of hydrogen-bond acceptors (Lipinski definition) is 3. The number of benzene rings is 1. The number of nitrogens with zero attached hydrogens (tertiary/aromatic N) is 1. The van der Waals surface area contributed by atoms with Crippen molar-refractivity contribution in [2.24, 2.45) is 5.73 Å². The van der Waals surface area contributed by atoms with Gasteiger partial charge in [-0.2, -0.15) is 5.26 Å². The van der Waals surface area contributed by atoms with Crippen LogP contribution in [0.2, 0.25) is 0 Å². The number of nitrogens with one attached hydrogen (secondary N) is 1. The number of amides is 1. The van der Waals surface area contributed by atoms with Crippen molar-refractivity contribution in [1.29, 1.82) is 5.26 Å². The van der Waals surface area contributed by atoms with Gasteiger partial charge in [0, 0.05) is 4.47 Å². The van der Waals surface area contributed by atoms with Gasteiger partial charge in [0.15, 0.2) is 0 Å². The topological polar surface area (TPSA) is 78.9 Å². The fourth-order valence-corrected chi connectivity index (χ4v) is 2.56. The molecule has 18 heavy (non-hydrogen) atoms. The summed E-state index contributed by atoms with van der Waals surface area (Å²) in [6, 6.07) is 7.23. The van der Waals surface area contributed by atoms with Gasteiger partial charge in [-0.25, -0.2) is 0 Å². The zero-order chi connectivity index (χ0) is 13.2. The van der Waals surface area contributed by atoms with E-state index in [1.165, 1.54) is 0 Å². The summed E-state index contributed by atoms with van der Waals surface area (Å²) in [5.41, 5.74) is 6.24. The summed E-state index contributed by atoms with van der Waals surface area (Å²) in [5.74, 6) is -0.196. The van der Waals surface area contributed by atoms with Crippen LogP contribution in [0, 0.1) is 11.3 Å². The zero-order valence-corrected chi connectivity index (χ0v) is 11.5. The Kier molecular flexibility index (Phi) is 3.69. The van der Waals surface area contributed by atoms with Gasteiger partial charge in [-0.1, -0.05) is 28.8 Å². The summed E-state index contributed by atoms with van der Waals surface area (Å²) >= 11 is 3.29. The van der Waals surface area contributed by atoms with Crippen molar-refractivity contribution >= 4 is 27.5 Å². The Morgan fingerprint density at radius 1 is 1.44 bits per heavy atom. The molecule has 0 radical (unpaired) electrons. The van der Waals surface area contributed by atoms with Crippen LogP contribution in [0.5, 0.6) is 0 Å². The minimum Gasteiger partial charge on any atom is -0.323 e. The van der Waals surface area contributed by atoms with Gasteiger partial charge in [0.1, 0.15) is 6.07 Å². The molecule has 0 spiro atoms. The van der Waals surface area contributed by atoms with E-state index >= 15 is 0 Å². The number of halogens is 1. The van der Waals surface area contributed by atoms with Crippen molar-refractivity contribution in [1.82, 2.24) is 0 Å². The molecular formula is C13H14BrN3O. The highest BCUT2D eigenvalue weighted by Crippen LogP contribution is 2.29. The number of nitrogens with two attached hydrogens (primary N) is 1. The average molecular weight is 308 g/mol. The molecule has 0 saturated heterocycles. The van der Waals surface area contributed by atoms with Gasteiger partial charge in [-0.15, -0.1) is 0 Å². The maximum absolute atomic E-state index is 12.1. The lowest BCUT2D eigenvalue weighted by atomic mass is 9.98. The van der Waals surface area contributed by atoms with E-state index in [0.29, 0.717) is 24.1 Å². The SMILES string of the molecule is N#Cc1cc(Br)ccc1NC(=O)C1(N)CCCC1. The smallest absolute Gasteiger partial charge is 0.244 e. The van der Waals surface area contributed by atoms with Gasteiger partial charge < -0.3 is 11.1 Å². The zero-order valence-electron chi connectivity index (χ0n) is 9.87. The summed E-state index contributed by atoms with van der Waals surface area (Å²) in [4.78, 5) is 12.1. The number of anilines is 1. The second kappa shape index (κ2) is 5.09. The predicted octanol–water partition coefficient (Wildman–Crippen LogP) is 2.53. The molecule has 1 aliphatic carbocycles. The molecule has 0 bridgehead atoms. The Bertz CT molecular complexity index is 515. The summed E-state index contributed by atoms with van der Waals surface area (Å²) in [7, 11) is 0. The molecule has 1 saturated carbocycles. The van der Waals surface area contributed by atoms with E-state index in [0.717, 1.165) is 17.3 Å². The minimum atomic E-state index is -0.778. The summed E-state index contributed by atoms with van der Waals surface area (Å²) in [5, 5.41) is 11.8. The molecule has 3 N–H and O–H groups in total. The van der Waals surface area contributed by atoms with Gasteiger partial charge in [0.25, 0.3) is 0 Å². The van der Waals surface area contributed by atoms with E-state index in [-0.39, 0.29) is 5.91 Å². The lowest BCUT2D eigenvalue weighted by Crippen LogP contribution is -2.48. The standard InChI is InChI=1S/C13H14BrN3O/c14-10-3-4-11(9(7-10)8-15)17-12(18)13(16)5-1-2-6-13/h3-4,7H,1-2,5-6,16H2,(H,17,18). The Labute approximate surface area is 114 Å². The van der Waals surface area contributed by atoms with E-state index in [4.69, 9.17) is 11.0 Å². The van der Waals surface area contributed by atoms with E-state index in [1.54, 1.807) is 18.2 Å². The van der Waals surface area contributed by atoms with E-state index < -0.39 is 5.54 Å². The van der Waals surface area contributed by atoms with Crippen LogP contribution in [0.4, 0.5) is 5.69 Å². The van der Waals surface area contributed by atoms with Crippen molar-refractivity contribution < 1.29 is 4.79 Å². The van der Waals surface area contributed by atoms with Gasteiger partial charge in [-0.05, 0) is 31.0 Å². The van der Waals surface area contributed by atoms with Crippen molar-refractivity contribution in [2.45, 2.75) is 31.2 Å². The highest BCUT2D eigenvalue weighted by molar-refractivity contribution is 9.10. The molecule has 1 fully saturated rings. The molecule has 0 heterocycles. The number of nitriles is 1. The summed E-state index contributed by atoms with van der Waals surface area (Å²) in [6.07, 6.45) is 3.37. The Balaban J connectivity index is 2.19. The van der Waals surface area contributed by atoms with Crippen molar-refractivity contribution in [3.63, 3.8) is 0 Å². The van der Waals surface area contributed by atoms with Crippen LogP contribution in [-0.4, -0.2) is 11.4 Å². The van der Waals surface area contributed by atoms with E-state index in [2.05, 4.69) is 27.3 Å². The maximum atomic E-state index is 12.1.